The van der Waals surface area contributed by atoms with E-state index in [9.17, 15) is 4.79 Å². The Balaban J connectivity index is 1.78. The first kappa shape index (κ1) is 14.3. The summed E-state index contributed by atoms with van der Waals surface area (Å²) in [5.74, 6) is -2.24. The molecule has 21 heavy (non-hydrogen) atoms. The molecule has 0 bridgehead atoms. The Hall–Kier alpha value is -1.69. The van der Waals surface area contributed by atoms with Crippen LogP contribution in [0.3, 0.4) is 0 Å². The highest BCUT2D eigenvalue weighted by molar-refractivity contribution is 5.89. The molecule has 1 aromatic rings. The molecule has 2 atom stereocenters. The molecule has 2 aliphatic heterocycles. The van der Waals surface area contributed by atoms with Gasteiger partial charge in [-0.15, -0.1) is 0 Å². The van der Waals surface area contributed by atoms with Gasteiger partial charge in [0.2, 0.25) is 5.79 Å². The summed E-state index contributed by atoms with van der Waals surface area (Å²) < 4.78 is 22.7. The molecule has 0 saturated carbocycles. The van der Waals surface area contributed by atoms with E-state index in [1.807, 2.05) is 12.1 Å². The van der Waals surface area contributed by atoms with Crippen molar-refractivity contribution in [2.45, 2.75) is 31.5 Å². The Morgan fingerprint density at radius 2 is 2.00 bits per heavy atom. The zero-order chi connectivity index (χ0) is 14.9. The number of benzene rings is 1. The fourth-order valence-corrected chi connectivity index (χ4v) is 2.44. The minimum absolute atomic E-state index is 0.219. The van der Waals surface area contributed by atoms with Crippen molar-refractivity contribution in [3.8, 4) is 0 Å². The van der Waals surface area contributed by atoms with E-state index in [1.54, 1.807) is 44.2 Å². The number of hydrogen-bond acceptors (Lipinski definition) is 5. The largest absolute Gasteiger partial charge is 0.449 e. The summed E-state index contributed by atoms with van der Waals surface area (Å²) in [7, 11) is 0. The van der Waals surface area contributed by atoms with E-state index in [2.05, 4.69) is 0 Å². The molecule has 0 N–H and O–H groups in total. The number of carbonyl (C=O) groups is 1. The molecule has 1 aromatic carbocycles. The van der Waals surface area contributed by atoms with Crippen LogP contribution >= 0.6 is 0 Å². The van der Waals surface area contributed by atoms with Crippen LogP contribution in [0, 0.1) is 0 Å². The molecule has 0 aliphatic carbocycles. The number of esters is 1. The normalized spacial score (nSPS) is 30.5. The number of rotatable bonds is 2. The van der Waals surface area contributed by atoms with Crippen molar-refractivity contribution < 1.29 is 23.7 Å². The lowest BCUT2D eigenvalue weighted by molar-refractivity contribution is -0.280. The van der Waals surface area contributed by atoms with E-state index >= 15 is 0 Å². The zero-order valence-electron chi connectivity index (χ0n) is 12.1. The molecule has 0 unspecified atom stereocenters. The van der Waals surface area contributed by atoms with Crippen LogP contribution in [0.4, 0.5) is 0 Å². The second kappa shape index (κ2) is 5.26. The number of ether oxygens (including phenoxy) is 4. The maximum atomic E-state index is 12.2. The monoisotopic (exact) mass is 290 g/mol. The van der Waals surface area contributed by atoms with Crippen molar-refractivity contribution in [1.82, 2.24) is 0 Å². The summed E-state index contributed by atoms with van der Waals surface area (Å²) in [6, 6.07) is 8.84. The number of hydrogen-bond donors (Lipinski definition) is 0. The third-order valence-corrected chi connectivity index (χ3v) is 3.45. The van der Waals surface area contributed by atoms with Crippen LogP contribution in [-0.4, -0.2) is 36.9 Å². The van der Waals surface area contributed by atoms with Crippen LogP contribution in [-0.2, 0) is 18.9 Å². The Labute approximate surface area is 123 Å². The molecule has 112 valence electrons. The van der Waals surface area contributed by atoms with Crippen molar-refractivity contribution in [2.75, 3.05) is 13.2 Å². The van der Waals surface area contributed by atoms with Gasteiger partial charge in [0.1, 0.15) is 6.61 Å². The van der Waals surface area contributed by atoms with Crippen molar-refractivity contribution in [1.29, 1.82) is 0 Å². The SMILES string of the molecule is CC1(C)OC[C@]2(OCC=C[C@@H]2OC(=O)c2ccccc2)O1. The second-order valence-electron chi connectivity index (χ2n) is 5.53. The standard InChI is InChI=1S/C16H18O5/c1-15(2)19-11-16(21-15)13(9-6-10-18-16)20-14(17)12-7-4-3-5-8-12/h3-9,13H,10-11H2,1-2H3/t13-,16-/m0/s1. The molecular formula is C16H18O5. The molecule has 3 rings (SSSR count). The van der Waals surface area contributed by atoms with Crippen LogP contribution in [0.15, 0.2) is 42.5 Å². The van der Waals surface area contributed by atoms with Crippen LogP contribution in [0.5, 0.6) is 0 Å². The van der Waals surface area contributed by atoms with Gasteiger partial charge >= 0.3 is 5.97 Å². The Bertz CT molecular complexity index is 551. The molecule has 0 amide bonds. The highest BCUT2D eigenvalue weighted by Gasteiger charge is 2.54. The Morgan fingerprint density at radius 3 is 2.67 bits per heavy atom. The molecule has 5 heteroatoms. The predicted molar refractivity (Wildman–Crippen MR) is 74.6 cm³/mol. The summed E-state index contributed by atoms with van der Waals surface area (Å²) in [5, 5.41) is 0. The summed E-state index contributed by atoms with van der Waals surface area (Å²) in [4.78, 5) is 12.2. The maximum Gasteiger partial charge on any atom is 0.338 e. The van der Waals surface area contributed by atoms with Crippen molar-refractivity contribution in [3.63, 3.8) is 0 Å². The summed E-state index contributed by atoms with van der Waals surface area (Å²) in [5.41, 5.74) is 0.491. The minimum atomic E-state index is -1.07. The lowest BCUT2D eigenvalue weighted by Crippen LogP contribution is -2.51. The smallest absolute Gasteiger partial charge is 0.338 e. The van der Waals surface area contributed by atoms with Gasteiger partial charge in [0.05, 0.1) is 12.2 Å². The topological polar surface area (TPSA) is 54.0 Å². The lowest BCUT2D eigenvalue weighted by atomic mass is 10.1. The van der Waals surface area contributed by atoms with Gasteiger partial charge in [0.25, 0.3) is 0 Å². The summed E-state index contributed by atoms with van der Waals surface area (Å²) in [6.07, 6.45) is 2.96. The van der Waals surface area contributed by atoms with Crippen molar-refractivity contribution in [2.24, 2.45) is 0 Å². The van der Waals surface area contributed by atoms with E-state index in [-0.39, 0.29) is 6.61 Å². The molecule has 1 spiro atoms. The molecule has 1 saturated heterocycles. The molecule has 0 aromatic heterocycles. The highest BCUT2D eigenvalue weighted by atomic mass is 16.8. The molecule has 5 nitrogen and oxygen atoms in total. The highest BCUT2D eigenvalue weighted by Crippen LogP contribution is 2.38. The van der Waals surface area contributed by atoms with Crippen LogP contribution in [0.1, 0.15) is 24.2 Å². The first-order valence-corrected chi connectivity index (χ1v) is 6.92. The summed E-state index contributed by atoms with van der Waals surface area (Å²) in [6.45, 7) is 4.23. The molecule has 0 radical (unpaired) electrons. The lowest BCUT2D eigenvalue weighted by Gasteiger charge is -2.36. The predicted octanol–water partition coefficient (Wildman–Crippen LogP) is 2.28. The molecule has 2 aliphatic rings. The number of carbonyl (C=O) groups excluding carboxylic acids is 1. The third kappa shape index (κ3) is 2.85. The van der Waals surface area contributed by atoms with Crippen LogP contribution in [0.25, 0.3) is 0 Å². The van der Waals surface area contributed by atoms with Crippen molar-refractivity contribution in [3.05, 3.63) is 48.0 Å². The van der Waals surface area contributed by atoms with Gasteiger partial charge in [-0.25, -0.2) is 4.79 Å². The molecular weight excluding hydrogens is 272 g/mol. The van der Waals surface area contributed by atoms with Crippen molar-refractivity contribution >= 4 is 5.97 Å². The maximum absolute atomic E-state index is 12.2. The molecule has 2 heterocycles. The third-order valence-electron chi connectivity index (χ3n) is 3.45. The van der Waals surface area contributed by atoms with Gasteiger partial charge in [-0.1, -0.05) is 24.3 Å². The van der Waals surface area contributed by atoms with E-state index in [0.29, 0.717) is 12.2 Å². The fourth-order valence-electron chi connectivity index (χ4n) is 2.44. The van der Waals surface area contributed by atoms with E-state index in [4.69, 9.17) is 18.9 Å². The summed E-state index contributed by atoms with van der Waals surface area (Å²) >= 11 is 0. The molecule has 1 fully saturated rings. The van der Waals surface area contributed by atoms with E-state index in [0.717, 1.165) is 0 Å². The van der Waals surface area contributed by atoms with Crippen LogP contribution < -0.4 is 0 Å². The minimum Gasteiger partial charge on any atom is -0.449 e. The van der Waals surface area contributed by atoms with Gasteiger partial charge in [0, 0.05) is 0 Å². The van der Waals surface area contributed by atoms with E-state index in [1.165, 1.54) is 0 Å². The van der Waals surface area contributed by atoms with Gasteiger partial charge in [-0.2, -0.15) is 0 Å². The zero-order valence-corrected chi connectivity index (χ0v) is 12.1. The van der Waals surface area contributed by atoms with E-state index < -0.39 is 23.6 Å². The first-order chi connectivity index (χ1) is 10.0. The van der Waals surface area contributed by atoms with Gasteiger partial charge in [0.15, 0.2) is 11.9 Å². The average molecular weight is 290 g/mol. The fraction of sp³-hybridized carbons (Fsp3) is 0.438. The average Bonchev–Trinajstić information content (AvgIpc) is 2.78. The second-order valence-corrected chi connectivity index (χ2v) is 5.53. The Kier molecular flexibility index (Phi) is 3.57. The van der Waals surface area contributed by atoms with Gasteiger partial charge in [-0.05, 0) is 32.1 Å². The Morgan fingerprint density at radius 1 is 1.24 bits per heavy atom. The quantitative estimate of drug-likeness (QED) is 0.618. The first-order valence-electron chi connectivity index (χ1n) is 6.92. The van der Waals surface area contributed by atoms with Gasteiger partial charge < -0.3 is 18.9 Å². The van der Waals surface area contributed by atoms with Crippen LogP contribution in [0.2, 0.25) is 0 Å². The van der Waals surface area contributed by atoms with Gasteiger partial charge in [-0.3, -0.25) is 0 Å².